The lowest BCUT2D eigenvalue weighted by molar-refractivity contribution is -0.116. The monoisotopic (exact) mass is 392 g/mol. The van der Waals surface area contributed by atoms with Crippen LogP contribution in [0.1, 0.15) is 13.8 Å². The minimum atomic E-state index is -0.406. The van der Waals surface area contributed by atoms with Gasteiger partial charge >= 0.3 is 0 Å². The summed E-state index contributed by atoms with van der Waals surface area (Å²) >= 11 is 3.37. The van der Waals surface area contributed by atoms with Crippen molar-refractivity contribution in [3.8, 4) is 11.5 Å². The Morgan fingerprint density at radius 1 is 1.12 bits per heavy atom. The number of ether oxygens (including phenoxy) is 2. The number of hydrogen-bond donors (Lipinski definition) is 2. The van der Waals surface area contributed by atoms with Gasteiger partial charge in [0.2, 0.25) is 5.91 Å². The standard InChI is InChI=1S/C18H21BrN2O3/c1-4-24-16-10-9-15(11-17(16)23-3)20-12(2)18(22)21-14-7-5-13(19)6-8-14/h5-12,20H,4H2,1-3H3,(H,21,22)/t12-/m1/s1. The maximum Gasteiger partial charge on any atom is 0.246 e. The molecule has 0 aromatic heterocycles. The molecule has 0 aliphatic heterocycles. The van der Waals surface area contributed by atoms with Gasteiger partial charge in [-0.05, 0) is 50.2 Å². The van der Waals surface area contributed by atoms with Crippen LogP contribution < -0.4 is 20.1 Å². The van der Waals surface area contributed by atoms with Crippen LogP contribution in [0.3, 0.4) is 0 Å². The van der Waals surface area contributed by atoms with E-state index in [2.05, 4.69) is 26.6 Å². The van der Waals surface area contributed by atoms with Crippen LogP contribution in [0.15, 0.2) is 46.9 Å². The molecule has 0 spiro atoms. The number of amides is 1. The van der Waals surface area contributed by atoms with E-state index >= 15 is 0 Å². The second-order valence-corrected chi connectivity index (χ2v) is 6.08. The van der Waals surface area contributed by atoms with Crippen LogP contribution in [0, 0.1) is 0 Å². The first-order valence-corrected chi connectivity index (χ1v) is 8.46. The summed E-state index contributed by atoms with van der Waals surface area (Å²) in [4.78, 5) is 12.3. The number of methoxy groups -OCH3 is 1. The average molecular weight is 393 g/mol. The van der Waals surface area contributed by atoms with Gasteiger partial charge in [0.1, 0.15) is 6.04 Å². The van der Waals surface area contributed by atoms with E-state index in [4.69, 9.17) is 9.47 Å². The number of hydrogen-bond acceptors (Lipinski definition) is 4. The van der Waals surface area contributed by atoms with Crippen molar-refractivity contribution in [2.45, 2.75) is 19.9 Å². The number of rotatable bonds is 7. The van der Waals surface area contributed by atoms with Gasteiger partial charge in [-0.3, -0.25) is 4.79 Å². The highest BCUT2D eigenvalue weighted by Crippen LogP contribution is 2.30. The normalized spacial score (nSPS) is 11.5. The van der Waals surface area contributed by atoms with Gasteiger partial charge in [0, 0.05) is 21.9 Å². The fraction of sp³-hybridized carbons (Fsp3) is 0.278. The van der Waals surface area contributed by atoms with Crippen molar-refractivity contribution in [3.63, 3.8) is 0 Å². The third-order valence-electron chi connectivity index (χ3n) is 3.35. The van der Waals surface area contributed by atoms with Crippen molar-refractivity contribution in [3.05, 3.63) is 46.9 Å². The summed E-state index contributed by atoms with van der Waals surface area (Å²) in [5.41, 5.74) is 1.54. The zero-order chi connectivity index (χ0) is 17.5. The molecular formula is C18H21BrN2O3. The summed E-state index contributed by atoms with van der Waals surface area (Å²) in [7, 11) is 1.59. The van der Waals surface area contributed by atoms with E-state index in [1.54, 1.807) is 14.0 Å². The second-order valence-electron chi connectivity index (χ2n) is 5.16. The molecule has 0 saturated heterocycles. The molecule has 2 aromatic carbocycles. The van der Waals surface area contributed by atoms with Crippen LogP contribution in [-0.2, 0) is 4.79 Å². The highest BCUT2D eigenvalue weighted by molar-refractivity contribution is 9.10. The van der Waals surface area contributed by atoms with Crippen molar-refractivity contribution in [2.75, 3.05) is 24.4 Å². The molecule has 2 N–H and O–H groups in total. The predicted molar refractivity (Wildman–Crippen MR) is 100 cm³/mol. The van der Waals surface area contributed by atoms with Crippen LogP contribution in [0.2, 0.25) is 0 Å². The van der Waals surface area contributed by atoms with Crippen LogP contribution in [0.4, 0.5) is 11.4 Å². The first-order valence-electron chi connectivity index (χ1n) is 7.67. The van der Waals surface area contributed by atoms with E-state index in [9.17, 15) is 4.79 Å². The largest absolute Gasteiger partial charge is 0.493 e. The van der Waals surface area contributed by atoms with Gasteiger partial charge in [-0.15, -0.1) is 0 Å². The molecular weight excluding hydrogens is 372 g/mol. The Kier molecular flexibility index (Phi) is 6.49. The predicted octanol–water partition coefficient (Wildman–Crippen LogP) is 4.30. The molecule has 0 unspecified atom stereocenters. The Hall–Kier alpha value is -2.21. The van der Waals surface area contributed by atoms with E-state index in [1.807, 2.05) is 49.4 Å². The number of benzene rings is 2. The third kappa shape index (κ3) is 4.89. The number of halogens is 1. The van der Waals surface area contributed by atoms with Crippen molar-refractivity contribution in [2.24, 2.45) is 0 Å². The summed E-state index contributed by atoms with van der Waals surface area (Å²) < 4.78 is 11.8. The van der Waals surface area contributed by atoms with Crippen LogP contribution in [0.5, 0.6) is 11.5 Å². The van der Waals surface area contributed by atoms with E-state index < -0.39 is 6.04 Å². The van der Waals surface area contributed by atoms with E-state index in [0.29, 0.717) is 18.1 Å². The van der Waals surface area contributed by atoms with E-state index in [0.717, 1.165) is 15.8 Å². The molecule has 2 aromatic rings. The third-order valence-corrected chi connectivity index (χ3v) is 3.88. The Morgan fingerprint density at radius 2 is 1.79 bits per heavy atom. The topological polar surface area (TPSA) is 59.6 Å². The minimum Gasteiger partial charge on any atom is -0.493 e. The molecule has 24 heavy (non-hydrogen) atoms. The number of nitrogens with one attached hydrogen (secondary N) is 2. The lowest BCUT2D eigenvalue weighted by atomic mass is 10.2. The van der Waals surface area contributed by atoms with Gasteiger partial charge in [0.05, 0.1) is 13.7 Å². The summed E-state index contributed by atoms with van der Waals surface area (Å²) in [6.07, 6.45) is 0. The van der Waals surface area contributed by atoms with Gasteiger partial charge < -0.3 is 20.1 Å². The highest BCUT2D eigenvalue weighted by Gasteiger charge is 2.14. The molecule has 6 heteroatoms. The fourth-order valence-electron chi connectivity index (χ4n) is 2.13. The van der Waals surface area contributed by atoms with Gasteiger partial charge in [-0.1, -0.05) is 15.9 Å². The summed E-state index contributed by atoms with van der Waals surface area (Å²) in [5, 5.41) is 6.03. The number of carbonyl (C=O) groups is 1. The highest BCUT2D eigenvalue weighted by atomic mass is 79.9. The molecule has 0 aliphatic rings. The molecule has 0 radical (unpaired) electrons. The van der Waals surface area contributed by atoms with E-state index in [1.165, 1.54) is 0 Å². The Labute approximate surface area is 150 Å². The van der Waals surface area contributed by atoms with Crippen molar-refractivity contribution >= 4 is 33.2 Å². The smallest absolute Gasteiger partial charge is 0.246 e. The number of anilines is 2. The molecule has 1 amide bonds. The fourth-order valence-corrected chi connectivity index (χ4v) is 2.40. The van der Waals surface area contributed by atoms with Crippen LogP contribution >= 0.6 is 15.9 Å². The van der Waals surface area contributed by atoms with Gasteiger partial charge in [0.25, 0.3) is 0 Å². The van der Waals surface area contributed by atoms with Crippen LogP contribution in [-0.4, -0.2) is 25.7 Å². The molecule has 2 rings (SSSR count). The second kappa shape index (κ2) is 8.59. The Morgan fingerprint density at radius 3 is 2.42 bits per heavy atom. The Bertz CT molecular complexity index is 689. The summed E-state index contributed by atoms with van der Waals surface area (Å²) in [6.45, 7) is 4.28. The lowest BCUT2D eigenvalue weighted by Gasteiger charge is -2.17. The lowest BCUT2D eigenvalue weighted by Crippen LogP contribution is -2.31. The van der Waals surface area contributed by atoms with Gasteiger partial charge in [0.15, 0.2) is 11.5 Å². The van der Waals surface area contributed by atoms with Gasteiger partial charge in [-0.25, -0.2) is 0 Å². The average Bonchev–Trinajstić information content (AvgIpc) is 2.58. The quantitative estimate of drug-likeness (QED) is 0.737. The Balaban J connectivity index is 2.01. The van der Waals surface area contributed by atoms with Gasteiger partial charge in [-0.2, -0.15) is 0 Å². The summed E-state index contributed by atoms with van der Waals surface area (Å²) in [6, 6.07) is 12.5. The molecule has 0 heterocycles. The molecule has 1 atom stereocenters. The molecule has 0 bridgehead atoms. The maximum atomic E-state index is 12.3. The van der Waals surface area contributed by atoms with E-state index in [-0.39, 0.29) is 5.91 Å². The first kappa shape index (κ1) is 18.1. The zero-order valence-electron chi connectivity index (χ0n) is 13.9. The minimum absolute atomic E-state index is 0.120. The summed E-state index contributed by atoms with van der Waals surface area (Å²) in [5.74, 6) is 1.19. The molecule has 0 fully saturated rings. The molecule has 5 nitrogen and oxygen atoms in total. The molecule has 0 saturated carbocycles. The van der Waals surface area contributed by atoms with Crippen LogP contribution in [0.25, 0.3) is 0 Å². The molecule has 128 valence electrons. The van der Waals surface area contributed by atoms with Crippen molar-refractivity contribution < 1.29 is 14.3 Å². The molecule has 0 aliphatic carbocycles. The zero-order valence-corrected chi connectivity index (χ0v) is 15.5. The van der Waals surface area contributed by atoms with Crippen molar-refractivity contribution in [1.82, 2.24) is 0 Å². The first-order chi connectivity index (χ1) is 11.5. The SMILES string of the molecule is CCOc1ccc(N[C@H](C)C(=O)Nc2ccc(Br)cc2)cc1OC. The van der Waals surface area contributed by atoms with Crippen molar-refractivity contribution in [1.29, 1.82) is 0 Å². The maximum absolute atomic E-state index is 12.3. The number of carbonyl (C=O) groups excluding carboxylic acids is 1.